The fourth-order valence-corrected chi connectivity index (χ4v) is 5.46. The van der Waals surface area contributed by atoms with Crippen molar-refractivity contribution < 1.29 is 14.3 Å². The summed E-state index contributed by atoms with van der Waals surface area (Å²) in [4.78, 5) is 37.6. The largest absolute Gasteiger partial charge is 0.450 e. The van der Waals surface area contributed by atoms with E-state index in [0.717, 1.165) is 49.3 Å². The van der Waals surface area contributed by atoms with Gasteiger partial charge in [-0.2, -0.15) is 4.99 Å². The summed E-state index contributed by atoms with van der Waals surface area (Å²) in [5.41, 5.74) is 9.67. The molecular weight excluding hydrogens is 482 g/mol. The first-order valence-corrected chi connectivity index (χ1v) is 13.3. The summed E-state index contributed by atoms with van der Waals surface area (Å²) in [5, 5.41) is 6.69. The lowest BCUT2D eigenvalue weighted by atomic mass is 9.97. The molecule has 4 heterocycles. The molecule has 1 aromatic heterocycles. The molecule has 1 aromatic carbocycles. The summed E-state index contributed by atoms with van der Waals surface area (Å²) in [6.45, 7) is 5.79. The molecule has 0 saturated carbocycles. The maximum absolute atomic E-state index is 13.0. The minimum absolute atomic E-state index is 0.0594. The SMILES string of the molecule is CCOC(=O)N1CC=C(c2cccnc2N=C(N)Nc2ccc(C(=O)N3CCC4(CCCN4)C3)cc2)CC1. The Bertz CT molecular complexity index is 1240. The monoisotopic (exact) mass is 517 g/mol. The molecule has 1 spiro atoms. The number of hydrogen-bond donors (Lipinski definition) is 3. The molecular formula is C28H35N7O3. The van der Waals surface area contributed by atoms with E-state index < -0.39 is 0 Å². The highest BCUT2D eigenvalue weighted by Gasteiger charge is 2.41. The average Bonchev–Trinajstić information content (AvgIpc) is 3.58. The highest BCUT2D eigenvalue weighted by molar-refractivity contribution is 5.97. The van der Waals surface area contributed by atoms with Gasteiger partial charge in [0, 0.05) is 54.7 Å². The van der Waals surface area contributed by atoms with E-state index in [2.05, 4.69) is 20.6 Å². The van der Waals surface area contributed by atoms with E-state index in [9.17, 15) is 9.59 Å². The summed E-state index contributed by atoms with van der Waals surface area (Å²) in [7, 11) is 0. The number of hydrogen-bond acceptors (Lipinski definition) is 6. The van der Waals surface area contributed by atoms with Gasteiger partial charge < -0.3 is 30.9 Å². The van der Waals surface area contributed by atoms with Crippen molar-refractivity contribution in [2.24, 2.45) is 10.7 Å². The van der Waals surface area contributed by atoms with Crippen molar-refractivity contribution in [2.75, 3.05) is 44.6 Å². The molecule has 0 bridgehead atoms. The van der Waals surface area contributed by atoms with Gasteiger partial charge in [-0.1, -0.05) is 6.08 Å². The minimum Gasteiger partial charge on any atom is -0.450 e. The summed E-state index contributed by atoms with van der Waals surface area (Å²) >= 11 is 0. The Morgan fingerprint density at radius 3 is 2.74 bits per heavy atom. The van der Waals surface area contributed by atoms with Gasteiger partial charge in [-0.15, -0.1) is 0 Å². The van der Waals surface area contributed by atoms with Gasteiger partial charge in [-0.3, -0.25) is 4.79 Å². The van der Waals surface area contributed by atoms with Crippen LogP contribution in [0.5, 0.6) is 0 Å². The van der Waals surface area contributed by atoms with Crippen molar-refractivity contribution in [1.82, 2.24) is 20.1 Å². The number of benzene rings is 1. The van der Waals surface area contributed by atoms with Crippen LogP contribution in [0.15, 0.2) is 53.7 Å². The smallest absolute Gasteiger partial charge is 0.410 e. The Morgan fingerprint density at radius 2 is 2.03 bits per heavy atom. The van der Waals surface area contributed by atoms with Gasteiger partial charge >= 0.3 is 6.09 Å². The Morgan fingerprint density at radius 1 is 1.18 bits per heavy atom. The molecule has 38 heavy (non-hydrogen) atoms. The van der Waals surface area contributed by atoms with Crippen LogP contribution < -0.4 is 16.4 Å². The summed E-state index contributed by atoms with van der Waals surface area (Å²) in [5.74, 6) is 0.759. The van der Waals surface area contributed by atoms with Crippen LogP contribution in [0.3, 0.4) is 0 Å². The number of rotatable bonds is 5. The Hall–Kier alpha value is -3.92. The summed E-state index contributed by atoms with van der Waals surface area (Å²) in [6.07, 6.45) is 7.38. The number of pyridine rings is 1. The third kappa shape index (κ3) is 5.65. The van der Waals surface area contributed by atoms with Crippen LogP contribution in [0.25, 0.3) is 5.57 Å². The zero-order valence-corrected chi connectivity index (χ0v) is 21.8. The first-order chi connectivity index (χ1) is 18.5. The molecule has 2 fully saturated rings. The average molecular weight is 518 g/mol. The standard InChI is InChI=1S/C28H35N7O3/c1-2-38-27(37)34-16-10-20(11-17-34)23-5-3-14-30-24(23)33-26(29)32-22-8-6-21(7-9-22)25(36)35-18-13-28(19-35)12-4-15-31-28/h3,5-10,14,31H,2,4,11-13,15-19H2,1H3,(H3,29,30,32,33). The normalized spacial score (nSPS) is 21.5. The molecule has 0 radical (unpaired) electrons. The third-order valence-corrected chi connectivity index (χ3v) is 7.47. The first kappa shape index (κ1) is 25.7. The number of nitrogens with two attached hydrogens (primary N) is 1. The van der Waals surface area contributed by atoms with Crippen molar-refractivity contribution >= 4 is 35.0 Å². The van der Waals surface area contributed by atoms with Crippen LogP contribution in [0.4, 0.5) is 16.3 Å². The van der Waals surface area contributed by atoms with E-state index in [1.54, 1.807) is 18.0 Å². The Kier molecular flexibility index (Phi) is 7.59. The quantitative estimate of drug-likeness (QED) is 0.410. The van der Waals surface area contributed by atoms with Crippen LogP contribution in [0.1, 0.15) is 48.5 Å². The molecule has 2 aromatic rings. The van der Waals surface area contributed by atoms with Crippen molar-refractivity contribution in [2.45, 2.75) is 38.1 Å². The second-order valence-electron chi connectivity index (χ2n) is 9.99. The molecule has 1 atom stereocenters. The Labute approximate surface area is 222 Å². The molecule has 10 heteroatoms. The summed E-state index contributed by atoms with van der Waals surface area (Å²) in [6, 6.07) is 11.1. The van der Waals surface area contributed by atoms with Crippen LogP contribution >= 0.6 is 0 Å². The van der Waals surface area contributed by atoms with Gasteiger partial charge in [0.25, 0.3) is 5.91 Å². The molecule has 5 rings (SSSR count). The van der Waals surface area contributed by atoms with E-state index in [1.165, 1.54) is 6.42 Å². The van der Waals surface area contributed by atoms with Gasteiger partial charge in [0.1, 0.15) is 0 Å². The highest BCUT2D eigenvalue weighted by atomic mass is 16.6. The number of nitrogens with one attached hydrogen (secondary N) is 2. The first-order valence-electron chi connectivity index (χ1n) is 13.3. The Balaban J connectivity index is 1.22. The second-order valence-corrected chi connectivity index (χ2v) is 9.99. The van der Waals surface area contributed by atoms with Crippen LogP contribution in [-0.2, 0) is 4.74 Å². The predicted octanol–water partition coefficient (Wildman–Crippen LogP) is 3.35. The minimum atomic E-state index is -0.302. The van der Waals surface area contributed by atoms with Gasteiger partial charge in [-0.05, 0) is 81.1 Å². The lowest BCUT2D eigenvalue weighted by Gasteiger charge is -2.26. The van der Waals surface area contributed by atoms with Crippen LogP contribution in [-0.4, -0.2) is 77.6 Å². The number of guanidine groups is 1. The van der Waals surface area contributed by atoms with Gasteiger partial charge in [-0.25, -0.2) is 9.78 Å². The van der Waals surface area contributed by atoms with Crippen LogP contribution in [0, 0.1) is 0 Å². The third-order valence-electron chi connectivity index (χ3n) is 7.47. The number of amides is 2. The molecule has 3 aliphatic heterocycles. The van der Waals surface area contributed by atoms with Crippen molar-refractivity contribution in [1.29, 1.82) is 0 Å². The molecule has 2 amide bonds. The van der Waals surface area contributed by atoms with E-state index in [4.69, 9.17) is 10.5 Å². The lowest BCUT2D eigenvalue weighted by molar-refractivity contribution is 0.0781. The van der Waals surface area contributed by atoms with E-state index in [0.29, 0.717) is 37.5 Å². The molecule has 200 valence electrons. The molecule has 3 aliphatic rings. The molecule has 10 nitrogen and oxygen atoms in total. The van der Waals surface area contributed by atoms with Crippen molar-refractivity contribution in [3.8, 4) is 0 Å². The second kappa shape index (κ2) is 11.2. The molecule has 1 unspecified atom stereocenters. The highest BCUT2D eigenvalue weighted by Crippen LogP contribution is 2.31. The number of carbonyl (C=O) groups is 2. The predicted molar refractivity (Wildman–Crippen MR) is 147 cm³/mol. The van der Waals surface area contributed by atoms with Crippen molar-refractivity contribution in [3.05, 3.63) is 59.8 Å². The fourth-order valence-electron chi connectivity index (χ4n) is 5.46. The zero-order valence-electron chi connectivity index (χ0n) is 21.8. The van der Waals surface area contributed by atoms with Crippen molar-refractivity contribution in [3.63, 3.8) is 0 Å². The number of aliphatic imine (C=N–C) groups is 1. The lowest BCUT2D eigenvalue weighted by Crippen LogP contribution is -2.43. The number of anilines is 1. The number of carbonyl (C=O) groups excluding carboxylic acids is 2. The van der Waals surface area contributed by atoms with E-state index in [-0.39, 0.29) is 23.5 Å². The fraction of sp³-hybridized carbons (Fsp3) is 0.429. The molecule has 0 aliphatic carbocycles. The maximum Gasteiger partial charge on any atom is 0.410 e. The van der Waals surface area contributed by atoms with E-state index in [1.807, 2.05) is 47.4 Å². The molecule has 4 N–H and O–H groups in total. The zero-order chi connectivity index (χ0) is 26.5. The maximum atomic E-state index is 13.0. The van der Waals surface area contributed by atoms with Gasteiger partial charge in [0.15, 0.2) is 11.8 Å². The van der Waals surface area contributed by atoms with E-state index >= 15 is 0 Å². The van der Waals surface area contributed by atoms with Gasteiger partial charge in [0.2, 0.25) is 0 Å². The van der Waals surface area contributed by atoms with Gasteiger partial charge in [0.05, 0.1) is 6.61 Å². The topological polar surface area (TPSA) is 125 Å². The van der Waals surface area contributed by atoms with Crippen LogP contribution in [0.2, 0.25) is 0 Å². The molecule has 2 saturated heterocycles. The number of aromatic nitrogens is 1. The number of nitrogens with zero attached hydrogens (tertiary/aromatic N) is 4. The number of likely N-dealkylation sites (tertiary alicyclic amines) is 1. The number of ether oxygens (including phenoxy) is 1. The summed E-state index contributed by atoms with van der Waals surface area (Å²) < 4.78 is 5.10.